The number of ether oxygens (including phenoxy) is 3. The Balaban J connectivity index is 3.10. The van der Waals surface area contributed by atoms with E-state index >= 15 is 0 Å². The monoisotopic (exact) mass is 365 g/mol. The van der Waals surface area contributed by atoms with Gasteiger partial charge in [-0.25, -0.2) is 4.79 Å². The third kappa shape index (κ3) is 5.73. The Labute approximate surface area is 156 Å². The van der Waals surface area contributed by atoms with Crippen LogP contribution >= 0.6 is 0 Å². The first-order chi connectivity index (χ1) is 12.3. The van der Waals surface area contributed by atoms with Crippen molar-refractivity contribution < 1.29 is 23.8 Å². The Morgan fingerprint density at radius 1 is 1.23 bits per heavy atom. The molecule has 0 radical (unpaired) electrons. The van der Waals surface area contributed by atoms with Crippen molar-refractivity contribution in [1.29, 1.82) is 0 Å². The van der Waals surface area contributed by atoms with E-state index in [1.54, 1.807) is 25.1 Å². The summed E-state index contributed by atoms with van der Waals surface area (Å²) in [6.45, 7) is 10.0. The van der Waals surface area contributed by atoms with Gasteiger partial charge in [0.05, 0.1) is 13.2 Å². The summed E-state index contributed by atoms with van der Waals surface area (Å²) >= 11 is 0. The fourth-order valence-electron chi connectivity index (χ4n) is 2.59. The molecular formula is C20H31NO5. The highest BCUT2D eigenvalue weighted by atomic mass is 16.5. The highest BCUT2D eigenvalue weighted by molar-refractivity contribution is 5.99. The molecule has 2 atom stereocenters. The molecule has 0 bridgehead atoms. The Kier molecular flexibility index (Phi) is 8.58. The molecule has 1 amide bonds. The molecule has 26 heavy (non-hydrogen) atoms. The quantitative estimate of drug-likeness (QED) is 0.630. The van der Waals surface area contributed by atoms with Gasteiger partial charge in [-0.2, -0.15) is 0 Å². The molecule has 1 aromatic rings. The largest absolute Gasteiger partial charge is 0.490 e. The van der Waals surface area contributed by atoms with Crippen LogP contribution in [0, 0.1) is 0 Å². The van der Waals surface area contributed by atoms with E-state index in [4.69, 9.17) is 14.2 Å². The molecule has 1 N–H and O–H groups in total. The third-order valence-corrected chi connectivity index (χ3v) is 4.22. The normalized spacial score (nSPS) is 14.2. The molecule has 6 heteroatoms. The van der Waals surface area contributed by atoms with Crippen molar-refractivity contribution in [3.63, 3.8) is 0 Å². The maximum absolute atomic E-state index is 12.7. The number of anilines is 1. The van der Waals surface area contributed by atoms with Crippen LogP contribution in [0.4, 0.5) is 5.69 Å². The topological polar surface area (TPSA) is 73.9 Å². The summed E-state index contributed by atoms with van der Waals surface area (Å²) in [4.78, 5) is 24.8. The van der Waals surface area contributed by atoms with E-state index in [2.05, 4.69) is 5.32 Å². The van der Waals surface area contributed by atoms with E-state index in [9.17, 15) is 9.59 Å². The summed E-state index contributed by atoms with van der Waals surface area (Å²) in [6, 6.07) is 4.95. The summed E-state index contributed by atoms with van der Waals surface area (Å²) in [5, 5.41) is 2.84. The zero-order valence-electron chi connectivity index (χ0n) is 16.7. The predicted octanol–water partition coefficient (Wildman–Crippen LogP) is 4.18. The summed E-state index contributed by atoms with van der Waals surface area (Å²) < 4.78 is 16.3. The highest BCUT2D eigenvalue weighted by Crippen LogP contribution is 2.27. The Hall–Kier alpha value is -2.08. The SMILES string of the molecule is CCC[C@](C)(OCC)C(=O)Nc1ccc(O[C@H](C)CC)c(C(=O)OC)c1. The van der Waals surface area contributed by atoms with Gasteiger partial charge < -0.3 is 19.5 Å². The lowest BCUT2D eigenvalue weighted by atomic mass is 9.99. The van der Waals surface area contributed by atoms with E-state index in [0.29, 0.717) is 24.5 Å². The van der Waals surface area contributed by atoms with Crippen molar-refractivity contribution in [1.82, 2.24) is 0 Å². The van der Waals surface area contributed by atoms with Crippen molar-refractivity contribution in [2.24, 2.45) is 0 Å². The zero-order valence-corrected chi connectivity index (χ0v) is 16.7. The van der Waals surface area contributed by atoms with E-state index < -0.39 is 11.6 Å². The van der Waals surface area contributed by atoms with Gasteiger partial charge in [-0.3, -0.25) is 4.79 Å². The second-order valence-electron chi connectivity index (χ2n) is 6.41. The molecule has 0 aliphatic carbocycles. The number of benzene rings is 1. The van der Waals surface area contributed by atoms with Crippen molar-refractivity contribution in [3.05, 3.63) is 23.8 Å². The van der Waals surface area contributed by atoms with Crippen LogP contribution in [-0.4, -0.2) is 37.3 Å². The number of carbonyl (C=O) groups is 2. The number of hydrogen-bond acceptors (Lipinski definition) is 5. The van der Waals surface area contributed by atoms with Gasteiger partial charge in [-0.05, 0) is 51.8 Å². The number of nitrogens with one attached hydrogen (secondary N) is 1. The lowest BCUT2D eigenvalue weighted by Gasteiger charge is -2.28. The van der Waals surface area contributed by atoms with E-state index in [1.807, 2.05) is 27.7 Å². The number of amides is 1. The van der Waals surface area contributed by atoms with Gasteiger partial charge in [0.2, 0.25) is 0 Å². The third-order valence-electron chi connectivity index (χ3n) is 4.22. The summed E-state index contributed by atoms with van der Waals surface area (Å²) in [7, 11) is 1.31. The van der Waals surface area contributed by atoms with Crippen molar-refractivity contribution >= 4 is 17.6 Å². The van der Waals surface area contributed by atoms with Crippen LogP contribution in [0.1, 0.15) is 64.2 Å². The number of hydrogen-bond donors (Lipinski definition) is 1. The first-order valence-corrected chi connectivity index (χ1v) is 9.15. The van der Waals surface area contributed by atoms with Gasteiger partial charge >= 0.3 is 5.97 Å². The summed E-state index contributed by atoms with van der Waals surface area (Å²) in [5.74, 6) is -0.321. The Bertz CT molecular complexity index is 608. The first kappa shape index (κ1) is 22.0. The average molecular weight is 365 g/mol. The fraction of sp³-hybridized carbons (Fsp3) is 0.600. The highest BCUT2D eigenvalue weighted by Gasteiger charge is 2.33. The second kappa shape index (κ2) is 10.2. The lowest BCUT2D eigenvalue weighted by Crippen LogP contribution is -2.42. The van der Waals surface area contributed by atoms with Crippen LogP contribution in [0.15, 0.2) is 18.2 Å². The van der Waals surface area contributed by atoms with Crippen LogP contribution in [0.5, 0.6) is 5.75 Å². The number of esters is 1. The Morgan fingerprint density at radius 2 is 1.92 bits per heavy atom. The van der Waals surface area contributed by atoms with Crippen molar-refractivity contribution in [3.8, 4) is 5.75 Å². The van der Waals surface area contributed by atoms with Gasteiger partial charge in [0.15, 0.2) is 0 Å². The fourth-order valence-corrected chi connectivity index (χ4v) is 2.59. The zero-order chi connectivity index (χ0) is 19.7. The van der Waals surface area contributed by atoms with Crippen LogP contribution in [0.25, 0.3) is 0 Å². The molecule has 0 aromatic heterocycles. The molecule has 0 aliphatic heterocycles. The molecule has 146 valence electrons. The molecule has 6 nitrogen and oxygen atoms in total. The molecule has 0 fully saturated rings. The first-order valence-electron chi connectivity index (χ1n) is 9.15. The molecule has 0 unspecified atom stereocenters. The lowest BCUT2D eigenvalue weighted by molar-refractivity contribution is -0.139. The van der Waals surface area contributed by atoms with Gasteiger partial charge in [0.25, 0.3) is 5.91 Å². The van der Waals surface area contributed by atoms with E-state index in [0.717, 1.165) is 12.8 Å². The number of rotatable bonds is 10. The van der Waals surface area contributed by atoms with Crippen LogP contribution in [-0.2, 0) is 14.3 Å². The maximum atomic E-state index is 12.7. The van der Waals surface area contributed by atoms with E-state index in [-0.39, 0.29) is 17.6 Å². The summed E-state index contributed by atoms with van der Waals surface area (Å²) in [6.07, 6.45) is 2.19. The minimum absolute atomic E-state index is 0.0374. The van der Waals surface area contributed by atoms with E-state index in [1.165, 1.54) is 7.11 Å². The predicted molar refractivity (Wildman–Crippen MR) is 102 cm³/mol. The van der Waals surface area contributed by atoms with Gasteiger partial charge in [-0.15, -0.1) is 0 Å². The summed E-state index contributed by atoms with van der Waals surface area (Å²) in [5.41, 5.74) is -0.144. The van der Waals surface area contributed by atoms with Gasteiger partial charge in [0, 0.05) is 12.3 Å². The van der Waals surface area contributed by atoms with Crippen molar-refractivity contribution in [2.45, 2.75) is 65.6 Å². The number of carbonyl (C=O) groups excluding carboxylic acids is 2. The number of methoxy groups -OCH3 is 1. The molecule has 0 spiro atoms. The molecule has 1 rings (SSSR count). The van der Waals surface area contributed by atoms with Crippen molar-refractivity contribution in [2.75, 3.05) is 19.0 Å². The smallest absolute Gasteiger partial charge is 0.341 e. The Morgan fingerprint density at radius 3 is 2.46 bits per heavy atom. The molecule has 1 aromatic carbocycles. The minimum Gasteiger partial charge on any atom is -0.490 e. The minimum atomic E-state index is -0.916. The van der Waals surface area contributed by atoms with Crippen LogP contribution < -0.4 is 10.1 Å². The maximum Gasteiger partial charge on any atom is 0.341 e. The molecule has 0 saturated heterocycles. The standard InChI is InChI=1S/C20H31NO5/c1-7-12-20(5,25-9-3)19(23)21-15-10-11-17(26-14(4)8-2)16(13-15)18(22)24-6/h10-11,13-14H,7-9,12H2,1-6H3,(H,21,23)/t14-,20+/m1/s1. The van der Waals surface area contributed by atoms with Crippen LogP contribution in [0.2, 0.25) is 0 Å². The van der Waals surface area contributed by atoms with Crippen LogP contribution in [0.3, 0.4) is 0 Å². The molecular weight excluding hydrogens is 334 g/mol. The average Bonchev–Trinajstić information content (AvgIpc) is 2.62. The van der Waals surface area contributed by atoms with Gasteiger partial charge in [0.1, 0.15) is 16.9 Å². The molecule has 0 heterocycles. The van der Waals surface area contributed by atoms with Gasteiger partial charge in [-0.1, -0.05) is 20.3 Å². The second-order valence-corrected chi connectivity index (χ2v) is 6.41. The molecule has 0 aliphatic rings. The molecule has 0 saturated carbocycles.